The number of oxazole rings is 1. The molecule has 4 aromatic rings. The number of likely N-dealkylation sites (N-methyl/N-ethyl adjacent to an activating group) is 1. The molecule has 0 N–H and O–H groups in total. The molecular formula is C19H15N3O2S. The van der Waals surface area contributed by atoms with Crippen LogP contribution in [0.1, 0.15) is 10.9 Å². The van der Waals surface area contributed by atoms with Gasteiger partial charge in [0.05, 0.1) is 16.8 Å². The van der Waals surface area contributed by atoms with Gasteiger partial charge >= 0.3 is 0 Å². The predicted octanol–water partition coefficient (Wildman–Crippen LogP) is 4.11. The van der Waals surface area contributed by atoms with Gasteiger partial charge in [0.2, 0.25) is 11.8 Å². The molecule has 2 aromatic heterocycles. The second-order valence-corrected chi connectivity index (χ2v) is 6.74. The minimum Gasteiger partial charge on any atom is -0.437 e. The van der Waals surface area contributed by atoms with Crippen LogP contribution in [0.4, 0.5) is 0 Å². The van der Waals surface area contributed by atoms with Crippen LogP contribution in [0.5, 0.6) is 0 Å². The van der Waals surface area contributed by atoms with Crippen LogP contribution in [0.3, 0.4) is 0 Å². The van der Waals surface area contributed by atoms with Crippen LogP contribution in [-0.4, -0.2) is 27.8 Å². The van der Waals surface area contributed by atoms with Gasteiger partial charge in [-0.2, -0.15) is 0 Å². The molecule has 0 saturated heterocycles. The highest BCUT2D eigenvalue weighted by atomic mass is 32.1. The van der Waals surface area contributed by atoms with E-state index < -0.39 is 0 Å². The Bertz CT molecular complexity index is 1010. The number of fused-ring (bicyclic) bond motifs is 2. The van der Waals surface area contributed by atoms with Crippen LogP contribution >= 0.6 is 11.3 Å². The first-order chi connectivity index (χ1) is 12.2. The second-order valence-electron chi connectivity index (χ2n) is 5.62. The summed E-state index contributed by atoms with van der Waals surface area (Å²) in [5.41, 5.74) is 2.44. The molecule has 0 aliphatic rings. The highest BCUT2D eigenvalue weighted by Crippen LogP contribution is 2.22. The summed E-state index contributed by atoms with van der Waals surface area (Å²) in [4.78, 5) is 22.8. The van der Waals surface area contributed by atoms with Gasteiger partial charge in [-0.05, 0) is 24.3 Å². The van der Waals surface area contributed by atoms with Crippen LogP contribution in [0, 0.1) is 0 Å². The molecule has 0 fully saturated rings. The van der Waals surface area contributed by atoms with E-state index in [2.05, 4.69) is 9.97 Å². The third kappa shape index (κ3) is 3.29. The monoisotopic (exact) mass is 349 g/mol. The van der Waals surface area contributed by atoms with Gasteiger partial charge in [-0.1, -0.05) is 24.3 Å². The Morgan fingerprint density at radius 3 is 2.68 bits per heavy atom. The van der Waals surface area contributed by atoms with Gasteiger partial charge in [0.25, 0.3) is 0 Å². The van der Waals surface area contributed by atoms with E-state index in [1.807, 2.05) is 48.5 Å². The fourth-order valence-corrected chi connectivity index (χ4v) is 3.52. The normalized spacial score (nSPS) is 11.6. The Morgan fingerprint density at radius 2 is 1.88 bits per heavy atom. The summed E-state index contributed by atoms with van der Waals surface area (Å²) in [5, 5.41) is 0.910. The molecule has 1 amide bonds. The van der Waals surface area contributed by atoms with E-state index >= 15 is 0 Å². The lowest BCUT2D eigenvalue weighted by Crippen LogP contribution is -2.23. The van der Waals surface area contributed by atoms with Gasteiger partial charge in [-0.15, -0.1) is 11.3 Å². The van der Waals surface area contributed by atoms with Gasteiger partial charge in [0, 0.05) is 19.2 Å². The quantitative estimate of drug-likeness (QED) is 0.520. The van der Waals surface area contributed by atoms with Crippen molar-refractivity contribution in [3.05, 3.63) is 65.5 Å². The number of carbonyl (C=O) groups is 1. The van der Waals surface area contributed by atoms with E-state index in [-0.39, 0.29) is 5.91 Å². The van der Waals surface area contributed by atoms with Crippen molar-refractivity contribution in [3.8, 4) is 0 Å². The summed E-state index contributed by atoms with van der Waals surface area (Å²) in [6.07, 6.45) is 3.06. The topological polar surface area (TPSA) is 59.2 Å². The number of aromatic nitrogens is 2. The summed E-state index contributed by atoms with van der Waals surface area (Å²) >= 11 is 1.60. The average Bonchev–Trinajstić information content (AvgIpc) is 3.22. The van der Waals surface area contributed by atoms with E-state index in [9.17, 15) is 4.79 Å². The van der Waals surface area contributed by atoms with E-state index in [4.69, 9.17) is 4.42 Å². The first-order valence-electron chi connectivity index (χ1n) is 7.82. The Morgan fingerprint density at radius 1 is 1.12 bits per heavy atom. The minimum atomic E-state index is -0.124. The number of amides is 1. The predicted molar refractivity (Wildman–Crippen MR) is 99.1 cm³/mol. The molecule has 0 aliphatic carbocycles. The minimum absolute atomic E-state index is 0.124. The molecule has 0 unspecified atom stereocenters. The average molecular weight is 349 g/mol. The fraction of sp³-hybridized carbons (Fsp3) is 0.105. The molecule has 124 valence electrons. The molecule has 2 aromatic carbocycles. The van der Waals surface area contributed by atoms with Crippen LogP contribution < -0.4 is 0 Å². The highest BCUT2D eigenvalue weighted by molar-refractivity contribution is 7.18. The van der Waals surface area contributed by atoms with E-state index in [1.165, 1.54) is 6.08 Å². The van der Waals surface area contributed by atoms with Crippen molar-refractivity contribution in [1.82, 2.24) is 14.9 Å². The van der Waals surface area contributed by atoms with Gasteiger partial charge in [0.1, 0.15) is 10.5 Å². The van der Waals surface area contributed by atoms with Crippen molar-refractivity contribution < 1.29 is 9.21 Å². The molecule has 0 aliphatic heterocycles. The molecule has 0 bridgehead atoms. The van der Waals surface area contributed by atoms with Crippen molar-refractivity contribution in [2.75, 3.05) is 7.05 Å². The van der Waals surface area contributed by atoms with Crippen molar-refractivity contribution >= 4 is 44.6 Å². The number of rotatable bonds is 4. The number of para-hydroxylation sites is 3. The number of benzene rings is 2. The lowest BCUT2D eigenvalue weighted by molar-refractivity contribution is -0.125. The zero-order valence-electron chi connectivity index (χ0n) is 13.5. The molecule has 4 rings (SSSR count). The standard InChI is InChI=1S/C19H15N3O2S/c1-22(12-18-21-14-7-3-5-9-16(14)25-18)19(23)11-10-17-20-13-6-2-4-8-15(13)24-17/h2-11H,12H2,1H3. The highest BCUT2D eigenvalue weighted by Gasteiger charge is 2.10. The smallest absolute Gasteiger partial charge is 0.246 e. The summed E-state index contributed by atoms with van der Waals surface area (Å²) < 4.78 is 6.70. The molecule has 0 atom stereocenters. The fourth-order valence-electron chi connectivity index (χ4n) is 2.50. The summed E-state index contributed by atoms with van der Waals surface area (Å²) in [6, 6.07) is 15.5. The number of hydrogen-bond donors (Lipinski definition) is 0. The molecule has 25 heavy (non-hydrogen) atoms. The van der Waals surface area contributed by atoms with Gasteiger partial charge in [0.15, 0.2) is 5.58 Å². The largest absolute Gasteiger partial charge is 0.437 e. The Kier molecular flexibility index (Phi) is 4.03. The summed E-state index contributed by atoms with van der Waals surface area (Å²) in [5.74, 6) is 0.296. The molecule has 5 nitrogen and oxygen atoms in total. The number of carbonyl (C=O) groups excluding carboxylic acids is 1. The van der Waals surface area contributed by atoms with E-state index in [0.29, 0.717) is 18.0 Å². The van der Waals surface area contributed by atoms with Gasteiger partial charge < -0.3 is 9.32 Å². The van der Waals surface area contributed by atoms with Gasteiger partial charge in [-0.3, -0.25) is 4.79 Å². The van der Waals surface area contributed by atoms with E-state index in [1.54, 1.807) is 29.4 Å². The molecular weight excluding hydrogens is 334 g/mol. The van der Waals surface area contributed by atoms with Crippen molar-refractivity contribution in [1.29, 1.82) is 0 Å². The maximum atomic E-state index is 12.3. The Labute approximate surface area is 148 Å². The lowest BCUT2D eigenvalue weighted by Gasteiger charge is -2.12. The van der Waals surface area contributed by atoms with Crippen LogP contribution in [0.2, 0.25) is 0 Å². The molecule has 0 radical (unpaired) electrons. The molecule has 2 heterocycles. The maximum absolute atomic E-state index is 12.3. The zero-order chi connectivity index (χ0) is 17.2. The molecule has 0 spiro atoms. The Hall–Kier alpha value is -2.99. The summed E-state index contributed by atoms with van der Waals surface area (Å²) in [7, 11) is 1.75. The maximum Gasteiger partial charge on any atom is 0.246 e. The number of thiazole rings is 1. The van der Waals surface area contributed by atoms with Crippen molar-refractivity contribution in [3.63, 3.8) is 0 Å². The first-order valence-corrected chi connectivity index (χ1v) is 8.64. The van der Waals surface area contributed by atoms with Gasteiger partial charge in [-0.25, -0.2) is 9.97 Å². The number of hydrogen-bond acceptors (Lipinski definition) is 5. The molecule has 6 heteroatoms. The third-order valence-corrected chi connectivity index (χ3v) is 4.79. The second kappa shape index (κ2) is 6.49. The SMILES string of the molecule is CN(Cc1nc2ccccc2s1)C(=O)C=Cc1nc2ccccc2o1. The van der Waals surface area contributed by atoms with E-state index in [0.717, 1.165) is 20.7 Å². The lowest BCUT2D eigenvalue weighted by atomic mass is 10.3. The third-order valence-electron chi connectivity index (χ3n) is 3.77. The zero-order valence-corrected chi connectivity index (χ0v) is 14.4. The number of nitrogens with zero attached hydrogens (tertiary/aromatic N) is 3. The van der Waals surface area contributed by atoms with Crippen molar-refractivity contribution in [2.24, 2.45) is 0 Å². The molecule has 0 saturated carbocycles. The van der Waals surface area contributed by atoms with Crippen molar-refractivity contribution in [2.45, 2.75) is 6.54 Å². The van der Waals surface area contributed by atoms with Crippen LogP contribution in [0.15, 0.2) is 59.0 Å². The summed E-state index contributed by atoms with van der Waals surface area (Å²) in [6.45, 7) is 0.468. The Balaban J connectivity index is 1.46. The first kappa shape index (κ1) is 15.5. The van der Waals surface area contributed by atoms with Crippen LogP contribution in [-0.2, 0) is 11.3 Å². The van der Waals surface area contributed by atoms with Crippen LogP contribution in [0.25, 0.3) is 27.4 Å².